The number of nitrogens with zero attached hydrogens (tertiary/aromatic N) is 1. The molecule has 0 radical (unpaired) electrons. The molecule has 0 aromatic rings. The van der Waals surface area contributed by atoms with Gasteiger partial charge < -0.3 is 4.90 Å². The molecule has 3 atom stereocenters. The number of hydrogen-bond donors (Lipinski definition) is 0. The molecule has 3 aliphatic rings. The summed E-state index contributed by atoms with van der Waals surface area (Å²) in [6.45, 7) is 6.72. The van der Waals surface area contributed by atoms with Crippen LogP contribution in [0.1, 0.15) is 84.0 Å². The monoisotopic (exact) mass is 291 g/mol. The van der Waals surface area contributed by atoms with Crippen LogP contribution in [0, 0.1) is 23.7 Å². The standard InChI is InChI=1S/C20H37N/c1-17-7-5-10-19(13-17)15-21-12-6-11-20(16-21)14-18-8-3-2-4-9-18/h17-20H,2-16H2,1H3. The largest absolute Gasteiger partial charge is 0.303 e. The van der Waals surface area contributed by atoms with Crippen molar-refractivity contribution in [3.63, 3.8) is 0 Å². The lowest BCUT2D eigenvalue weighted by Gasteiger charge is -2.38. The number of rotatable bonds is 4. The maximum Gasteiger partial charge on any atom is 0.000988 e. The topological polar surface area (TPSA) is 3.24 Å². The van der Waals surface area contributed by atoms with Crippen molar-refractivity contribution in [3.8, 4) is 0 Å². The summed E-state index contributed by atoms with van der Waals surface area (Å²) < 4.78 is 0. The van der Waals surface area contributed by atoms with Crippen LogP contribution >= 0.6 is 0 Å². The van der Waals surface area contributed by atoms with Gasteiger partial charge in [-0.15, -0.1) is 0 Å². The molecule has 0 amide bonds. The van der Waals surface area contributed by atoms with E-state index >= 15 is 0 Å². The summed E-state index contributed by atoms with van der Waals surface area (Å²) in [5.74, 6) is 4.12. The minimum Gasteiger partial charge on any atom is -0.303 e. The average Bonchev–Trinajstić information content (AvgIpc) is 2.49. The van der Waals surface area contributed by atoms with E-state index in [1.54, 1.807) is 6.42 Å². The fraction of sp³-hybridized carbons (Fsp3) is 1.00. The Morgan fingerprint density at radius 3 is 2.33 bits per heavy atom. The Kier molecular flexibility index (Phi) is 6.03. The molecule has 0 bridgehead atoms. The van der Waals surface area contributed by atoms with Crippen molar-refractivity contribution in [1.29, 1.82) is 0 Å². The highest BCUT2D eigenvalue weighted by Crippen LogP contribution is 2.34. The van der Waals surface area contributed by atoms with Crippen LogP contribution < -0.4 is 0 Å². The Morgan fingerprint density at radius 1 is 0.762 bits per heavy atom. The van der Waals surface area contributed by atoms with Crippen molar-refractivity contribution >= 4 is 0 Å². The average molecular weight is 292 g/mol. The molecule has 1 heteroatoms. The molecule has 0 N–H and O–H groups in total. The highest BCUT2D eigenvalue weighted by Gasteiger charge is 2.27. The van der Waals surface area contributed by atoms with Gasteiger partial charge >= 0.3 is 0 Å². The van der Waals surface area contributed by atoms with Crippen molar-refractivity contribution in [2.75, 3.05) is 19.6 Å². The van der Waals surface area contributed by atoms with E-state index < -0.39 is 0 Å². The Balaban J connectivity index is 1.42. The van der Waals surface area contributed by atoms with Crippen LogP contribution in [0.25, 0.3) is 0 Å². The number of hydrogen-bond acceptors (Lipinski definition) is 1. The maximum absolute atomic E-state index is 2.85. The van der Waals surface area contributed by atoms with Gasteiger partial charge in [0, 0.05) is 13.1 Å². The van der Waals surface area contributed by atoms with E-state index in [0.717, 1.165) is 23.7 Å². The van der Waals surface area contributed by atoms with Crippen LogP contribution in [-0.4, -0.2) is 24.5 Å². The van der Waals surface area contributed by atoms with Crippen LogP contribution in [0.5, 0.6) is 0 Å². The molecule has 3 fully saturated rings. The van der Waals surface area contributed by atoms with Crippen molar-refractivity contribution in [3.05, 3.63) is 0 Å². The molecule has 0 spiro atoms. The van der Waals surface area contributed by atoms with Gasteiger partial charge in [-0.25, -0.2) is 0 Å². The molecule has 1 heterocycles. The van der Waals surface area contributed by atoms with E-state index in [-0.39, 0.29) is 0 Å². The van der Waals surface area contributed by atoms with Crippen LogP contribution in [0.4, 0.5) is 0 Å². The van der Waals surface area contributed by atoms with E-state index in [0.29, 0.717) is 0 Å². The summed E-state index contributed by atoms with van der Waals surface area (Å²) in [6, 6.07) is 0. The fourth-order valence-corrected chi connectivity index (χ4v) is 5.49. The quantitative estimate of drug-likeness (QED) is 0.661. The van der Waals surface area contributed by atoms with Gasteiger partial charge in [-0.2, -0.15) is 0 Å². The lowest BCUT2D eigenvalue weighted by molar-refractivity contribution is 0.113. The van der Waals surface area contributed by atoms with E-state index in [1.807, 2.05) is 0 Å². The first kappa shape index (κ1) is 15.8. The third kappa shape index (κ3) is 4.98. The summed E-state index contributed by atoms with van der Waals surface area (Å²) in [4.78, 5) is 2.85. The second kappa shape index (κ2) is 7.99. The zero-order valence-corrected chi connectivity index (χ0v) is 14.4. The molecule has 2 saturated carbocycles. The van der Waals surface area contributed by atoms with Crippen LogP contribution in [-0.2, 0) is 0 Å². The summed E-state index contributed by atoms with van der Waals surface area (Å²) in [5.41, 5.74) is 0. The van der Waals surface area contributed by atoms with Crippen molar-refractivity contribution < 1.29 is 0 Å². The highest BCUT2D eigenvalue weighted by atomic mass is 15.1. The van der Waals surface area contributed by atoms with E-state index in [9.17, 15) is 0 Å². The number of likely N-dealkylation sites (tertiary alicyclic amines) is 1. The van der Waals surface area contributed by atoms with Gasteiger partial charge in [0.2, 0.25) is 0 Å². The molecule has 3 rings (SSSR count). The first-order valence-corrected chi connectivity index (χ1v) is 10.0. The van der Waals surface area contributed by atoms with Crippen LogP contribution in [0.15, 0.2) is 0 Å². The summed E-state index contributed by atoms with van der Waals surface area (Å²) in [6.07, 6.45) is 18.2. The molecule has 2 aliphatic carbocycles. The highest BCUT2D eigenvalue weighted by molar-refractivity contribution is 4.80. The zero-order valence-electron chi connectivity index (χ0n) is 14.4. The van der Waals surface area contributed by atoms with Crippen molar-refractivity contribution in [2.24, 2.45) is 23.7 Å². The minimum absolute atomic E-state index is 0.992. The Bertz CT molecular complexity index is 294. The first-order valence-electron chi connectivity index (χ1n) is 10.0. The smallest absolute Gasteiger partial charge is 0.000988 e. The predicted molar refractivity (Wildman–Crippen MR) is 91.5 cm³/mol. The van der Waals surface area contributed by atoms with Gasteiger partial charge in [-0.3, -0.25) is 0 Å². The number of piperidine rings is 1. The molecular formula is C20H37N. The van der Waals surface area contributed by atoms with Gasteiger partial charge in [0.25, 0.3) is 0 Å². The second-order valence-electron chi connectivity index (χ2n) is 8.65. The molecule has 1 saturated heterocycles. The lowest BCUT2D eigenvalue weighted by Crippen LogP contribution is -2.40. The predicted octanol–water partition coefficient (Wildman–Crippen LogP) is 5.50. The summed E-state index contributed by atoms with van der Waals surface area (Å²) in [7, 11) is 0. The Morgan fingerprint density at radius 2 is 1.52 bits per heavy atom. The minimum atomic E-state index is 0.992. The summed E-state index contributed by atoms with van der Waals surface area (Å²) in [5, 5.41) is 0. The van der Waals surface area contributed by atoms with Gasteiger partial charge in [0.05, 0.1) is 0 Å². The molecule has 1 nitrogen and oxygen atoms in total. The third-order valence-electron chi connectivity index (χ3n) is 6.56. The molecule has 21 heavy (non-hydrogen) atoms. The molecular weight excluding hydrogens is 254 g/mol. The molecule has 0 aromatic heterocycles. The maximum atomic E-state index is 2.85. The second-order valence-corrected chi connectivity index (χ2v) is 8.65. The first-order chi connectivity index (χ1) is 10.3. The van der Waals surface area contributed by atoms with Crippen LogP contribution in [0.3, 0.4) is 0 Å². The van der Waals surface area contributed by atoms with Gasteiger partial charge in [0.15, 0.2) is 0 Å². The van der Waals surface area contributed by atoms with Gasteiger partial charge in [-0.05, 0) is 62.3 Å². The Labute approximate surface area is 132 Å². The lowest BCUT2D eigenvalue weighted by atomic mass is 9.79. The SMILES string of the molecule is CC1CCCC(CN2CCCC(CC3CCCCC3)C2)C1. The van der Waals surface area contributed by atoms with E-state index in [2.05, 4.69) is 11.8 Å². The van der Waals surface area contributed by atoms with E-state index in [4.69, 9.17) is 0 Å². The van der Waals surface area contributed by atoms with Crippen molar-refractivity contribution in [2.45, 2.75) is 84.0 Å². The normalized spacial score (nSPS) is 36.7. The van der Waals surface area contributed by atoms with Crippen molar-refractivity contribution in [1.82, 2.24) is 4.90 Å². The fourth-order valence-electron chi connectivity index (χ4n) is 5.49. The molecule has 1 aliphatic heterocycles. The third-order valence-corrected chi connectivity index (χ3v) is 6.56. The molecule has 3 unspecified atom stereocenters. The van der Waals surface area contributed by atoms with Gasteiger partial charge in [-0.1, -0.05) is 51.9 Å². The summed E-state index contributed by atoms with van der Waals surface area (Å²) >= 11 is 0. The van der Waals surface area contributed by atoms with Gasteiger partial charge in [0.1, 0.15) is 0 Å². The van der Waals surface area contributed by atoms with E-state index in [1.165, 1.54) is 90.3 Å². The van der Waals surface area contributed by atoms with Crippen LogP contribution in [0.2, 0.25) is 0 Å². The zero-order chi connectivity index (χ0) is 14.5. The molecule has 122 valence electrons. The Hall–Kier alpha value is -0.0400. The molecule has 0 aromatic carbocycles.